The van der Waals surface area contributed by atoms with Crippen LogP contribution in [0.4, 0.5) is 19.1 Å². The Balaban J connectivity index is 1.69. The number of ether oxygens (including phenoxy) is 1. The molecule has 0 amide bonds. The van der Waals surface area contributed by atoms with Crippen LogP contribution in [0.1, 0.15) is 29.4 Å². The summed E-state index contributed by atoms with van der Waals surface area (Å²) in [5, 5.41) is 13.7. The number of nitrogens with zero attached hydrogens (tertiary/aromatic N) is 7. The zero-order chi connectivity index (χ0) is 25.7. The van der Waals surface area contributed by atoms with Crippen molar-refractivity contribution < 1.29 is 17.9 Å². The molecule has 0 aliphatic heterocycles. The summed E-state index contributed by atoms with van der Waals surface area (Å²) in [5.41, 5.74) is 2.46. The van der Waals surface area contributed by atoms with Crippen LogP contribution in [0.3, 0.4) is 0 Å². The van der Waals surface area contributed by atoms with Crippen molar-refractivity contribution in [2.75, 3.05) is 11.5 Å². The molecule has 0 spiro atoms. The van der Waals surface area contributed by atoms with Crippen molar-refractivity contribution in [3.63, 3.8) is 0 Å². The first-order chi connectivity index (χ1) is 17.2. The van der Waals surface area contributed by atoms with Gasteiger partial charge in [0, 0.05) is 55.1 Å². The fourth-order valence-electron chi connectivity index (χ4n) is 3.76. The summed E-state index contributed by atoms with van der Waals surface area (Å²) in [6.07, 6.45) is 1.21. The van der Waals surface area contributed by atoms with Crippen molar-refractivity contribution >= 4 is 17.5 Å². The van der Waals surface area contributed by atoms with Crippen LogP contribution in [-0.4, -0.2) is 42.3 Å². The smallest absolute Gasteiger partial charge is 0.422 e. The molecule has 4 rings (SSSR count). The lowest BCUT2D eigenvalue weighted by Gasteiger charge is -2.24. The molecule has 0 unspecified atom stereocenters. The zero-order valence-electron chi connectivity index (χ0n) is 19.8. The Kier molecular flexibility index (Phi) is 7.78. The Labute approximate surface area is 211 Å². The second-order valence-corrected chi connectivity index (χ2v) is 8.67. The lowest BCUT2D eigenvalue weighted by Crippen LogP contribution is -2.26. The van der Waals surface area contributed by atoms with E-state index in [-0.39, 0.29) is 12.4 Å². The second-order valence-electron chi connectivity index (χ2n) is 8.23. The number of pyridine rings is 1. The monoisotopic (exact) mass is 519 g/mol. The summed E-state index contributed by atoms with van der Waals surface area (Å²) in [6, 6.07) is 10.9. The van der Waals surface area contributed by atoms with Gasteiger partial charge in [-0.25, -0.2) is 4.98 Å². The van der Waals surface area contributed by atoms with E-state index in [4.69, 9.17) is 16.3 Å². The molecule has 0 bridgehead atoms. The van der Waals surface area contributed by atoms with Gasteiger partial charge >= 0.3 is 6.18 Å². The van der Waals surface area contributed by atoms with Gasteiger partial charge < -0.3 is 9.64 Å². The second kappa shape index (κ2) is 11.0. The van der Waals surface area contributed by atoms with Gasteiger partial charge in [0.1, 0.15) is 5.82 Å². The van der Waals surface area contributed by atoms with Gasteiger partial charge in [-0.2, -0.15) is 18.3 Å². The van der Waals surface area contributed by atoms with Crippen molar-refractivity contribution in [1.82, 2.24) is 29.5 Å². The first-order valence-electron chi connectivity index (χ1n) is 11.2. The van der Waals surface area contributed by atoms with E-state index in [2.05, 4.69) is 20.3 Å². The van der Waals surface area contributed by atoms with E-state index in [1.54, 1.807) is 23.0 Å². The third-order valence-corrected chi connectivity index (χ3v) is 5.63. The molecule has 1 aromatic carbocycles. The highest BCUT2D eigenvalue weighted by Gasteiger charge is 2.29. The average molecular weight is 520 g/mol. The molecular weight excluding hydrogens is 495 g/mol. The molecule has 0 radical (unpaired) electrons. The third kappa shape index (κ3) is 6.54. The van der Waals surface area contributed by atoms with Crippen LogP contribution in [0.2, 0.25) is 5.02 Å². The SMILES string of the molecule is CCc1nnc(N(Cc2ccc(Cl)cc2)Cc2cnn(C)c2)n1Cc1cccnc1OCC(F)(F)F. The number of halogens is 4. The summed E-state index contributed by atoms with van der Waals surface area (Å²) >= 11 is 6.06. The van der Waals surface area contributed by atoms with Crippen molar-refractivity contribution in [2.45, 2.75) is 39.2 Å². The number of anilines is 1. The first kappa shape index (κ1) is 25.5. The normalized spacial score (nSPS) is 11.6. The van der Waals surface area contributed by atoms with E-state index in [0.29, 0.717) is 41.9 Å². The van der Waals surface area contributed by atoms with Gasteiger partial charge in [-0.3, -0.25) is 9.25 Å². The Morgan fingerprint density at radius 3 is 2.47 bits per heavy atom. The zero-order valence-corrected chi connectivity index (χ0v) is 20.5. The number of hydrogen-bond acceptors (Lipinski definition) is 6. The molecule has 0 aliphatic rings. The Morgan fingerprint density at radius 1 is 1.06 bits per heavy atom. The maximum atomic E-state index is 12.8. The maximum Gasteiger partial charge on any atom is 0.422 e. The molecule has 3 aromatic heterocycles. The van der Waals surface area contributed by atoms with Crippen molar-refractivity contribution in [2.24, 2.45) is 7.05 Å². The molecule has 190 valence electrons. The van der Waals surface area contributed by atoms with Crippen molar-refractivity contribution in [1.29, 1.82) is 0 Å². The van der Waals surface area contributed by atoms with Gasteiger partial charge in [0.25, 0.3) is 0 Å². The van der Waals surface area contributed by atoms with Crippen LogP contribution in [0.15, 0.2) is 55.0 Å². The van der Waals surface area contributed by atoms with E-state index in [1.165, 1.54) is 6.20 Å². The van der Waals surface area contributed by atoms with Gasteiger partial charge in [0.15, 0.2) is 6.61 Å². The predicted molar refractivity (Wildman–Crippen MR) is 129 cm³/mol. The number of rotatable bonds is 10. The van der Waals surface area contributed by atoms with Gasteiger partial charge in [0.05, 0.1) is 12.7 Å². The minimum atomic E-state index is -4.47. The molecule has 3 heterocycles. The molecule has 0 N–H and O–H groups in total. The van der Waals surface area contributed by atoms with Crippen LogP contribution in [0.25, 0.3) is 0 Å². The number of aryl methyl sites for hydroxylation is 2. The minimum Gasteiger partial charge on any atom is -0.468 e. The van der Waals surface area contributed by atoms with Crippen LogP contribution in [-0.2, 0) is 33.1 Å². The molecule has 8 nitrogen and oxygen atoms in total. The van der Waals surface area contributed by atoms with E-state index >= 15 is 0 Å². The highest BCUT2D eigenvalue weighted by atomic mass is 35.5. The van der Waals surface area contributed by atoms with Gasteiger partial charge in [-0.05, 0) is 23.8 Å². The maximum absolute atomic E-state index is 12.8. The van der Waals surface area contributed by atoms with Crippen LogP contribution in [0, 0.1) is 0 Å². The van der Waals surface area contributed by atoms with Gasteiger partial charge in [-0.15, -0.1) is 10.2 Å². The Hall–Kier alpha value is -3.60. The van der Waals surface area contributed by atoms with Crippen LogP contribution < -0.4 is 9.64 Å². The Bertz CT molecular complexity index is 1290. The molecule has 36 heavy (non-hydrogen) atoms. The third-order valence-electron chi connectivity index (χ3n) is 5.38. The van der Waals surface area contributed by atoms with Crippen LogP contribution >= 0.6 is 11.6 Å². The van der Waals surface area contributed by atoms with Crippen molar-refractivity contribution in [3.05, 3.63) is 82.5 Å². The summed E-state index contributed by atoms with van der Waals surface area (Å²) in [7, 11) is 1.84. The van der Waals surface area contributed by atoms with Crippen molar-refractivity contribution in [3.8, 4) is 5.88 Å². The molecule has 0 saturated heterocycles. The van der Waals surface area contributed by atoms with Gasteiger partial charge in [-0.1, -0.05) is 36.7 Å². The fourth-order valence-corrected chi connectivity index (χ4v) is 3.89. The summed E-state index contributed by atoms with van der Waals surface area (Å²) in [6.45, 7) is 1.70. The largest absolute Gasteiger partial charge is 0.468 e. The van der Waals surface area contributed by atoms with Gasteiger partial charge in [0.2, 0.25) is 11.8 Å². The number of alkyl halides is 3. The predicted octanol–water partition coefficient (Wildman–Crippen LogP) is 4.82. The molecular formula is C24H25ClF3N7O. The fraction of sp³-hybridized carbons (Fsp3) is 0.333. The molecule has 0 atom stereocenters. The Morgan fingerprint density at radius 2 is 1.81 bits per heavy atom. The lowest BCUT2D eigenvalue weighted by atomic mass is 10.2. The minimum absolute atomic E-state index is 0.0759. The molecule has 0 fully saturated rings. The van der Waals surface area contributed by atoms with E-state index in [9.17, 15) is 13.2 Å². The summed E-state index contributed by atoms with van der Waals surface area (Å²) in [5.74, 6) is 1.17. The molecule has 12 heteroatoms. The number of aromatic nitrogens is 6. The van der Waals surface area contributed by atoms with E-state index in [1.807, 2.05) is 53.9 Å². The van der Waals surface area contributed by atoms with Crippen LogP contribution in [0.5, 0.6) is 5.88 Å². The highest BCUT2D eigenvalue weighted by Crippen LogP contribution is 2.25. The molecule has 0 saturated carbocycles. The van der Waals surface area contributed by atoms with E-state index in [0.717, 1.165) is 11.1 Å². The number of hydrogen-bond donors (Lipinski definition) is 0. The average Bonchev–Trinajstić information content (AvgIpc) is 3.44. The molecule has 0 aliphatic carbocycles. The first-order valence-corrected chi connectivity index (χ1v) is 11.6. The summed E-state index contributed by atoms with van der Waals surface area (Å²) in [4.78, 5) is 6.07. The number of benzene rings is 1. The standard InChI is InChI=1S/C24H25ClF3N7O/c1-3-21-31-32-23(35(21)15-19-5-4-10-29-22(19)36-16-24(26,27)28)34(14-18-11-30-33(2)12-18)13-17-6-8-20(25)9-7-17/h4-12H,3,13-16H2,1-2H3. The topological polar surface area (TPSA) is 73.9 Å². The van der Waals surface area contributed by atoms with E-state index < -0.39 is 12.8 Å². The molecule has 4 aromatic rings. The quantitative estimate of drug-likeness (QED) is 0.299. The highest BCUT2D eigenvalue weighted by molar-refractivity contribution is 6.30. The lowest BCUT2D eigenvalue weighted by molar-refractivity contribution is -0.154. The summed E-state index contributed by atoms with van der Waals surface area (Å²) < 4.78 is 46.9.